The van der Waals surface area contributed by atoms with Gasteiger partial charge in [0.25, 0.3) is 0 Å². The molecule has 1 aromatic carbocycles. The molecule has 2 N–H and O–H groups in total. The Morgan fingerprint density at radius 2 is 2.00 bits per heavy atom. The van der Waals surface area contributed by atoms with Crippen LogP contribution in [0.2, 0.25) is 0 Å². The normalized spacial score (nSPS) is 24.3. The number of fused-ring (bicyclic) bond motifs is 1. The molecule has 2 aliphatic rings. The monoisotopic (exact) mass is 309 g/mol. The van der Waals surface area contributed by atoms with E-state index in [9.17, 15) is 5.11 Å². The summed E-state index contributed by atoms with van der Waals surface area (Å²) >= 11 is 1.73. The fourth-order valence-electron chi connectivity index (χ4n) is 3.21. The number of thioether (sulfide) groups is 1. The van der Waals surface area contributed by atoms with Gasteiger partial charge in [-0.3, -0.25) is 0 Å². The molecule has 2 atom stereocenters. The third kappa shape index (κ3) is 3.30. The predicted octanol–water partition coefficient (Wildman–Crippen LogP) is 2.43. The van der Waals surface area contributed by atoms with Crippen LogP contribution in [-0.2, 0) is 6.54 Å². The highest BCUT2D eigenvalue weighted by Gasteiger charge is 2.26. The lowest BCUT2D eigenvalue weighted by molar-refractivity contribution is 0.170. The first-order valence-electron chi connectivity index (χ1n) is 7.62. The number of ether oxygens (including phenoxy) is 2. The number of rotatable bonds is 5. The summed E-state index contributed by atoms with van der Waals surface area (Å²) in [5, 5.41) is 13.0. The molecule has 0 aromatic heterocycles. The number of benzene rings is 1. The minimum Gasteiger partial charge on any atom is -0.486 e. The van der Waals surface area contributed by atoms with Gasteiger partial charge in [-0.2, -0.15) is 0 Å². The van der Waals surface area contributed by atoms with Crippen LogP contribution in [0.15, 0.2) is 17.0 Å². The summed E-state index contributed by atoms with van der Waals surface area (Å²) in [4.78, 5) is 1.23. The lowest BCUT2D eigenvalue weighted by Gasteiger charge is -2.23. The molecule has 3 rings (SSSR count). The van der Waals surface area contributed by atoms with Crippen molar-refractivity contribution in [2.24, 2.45) is 5.92 Å². The fraction of sp³-hybridized carbons (Fsp3) is 0.625. The topological polar surface area (TPSA) is 50.7 Å². The number of aliphatic hydroxyl groups excluding tert-OH is 1. The Bertz CT molecular complexity index is 495. The number of aliphatic hydroxyl groups is 1. The standard InChI is InChI=1S/C16H23NO3S/c1-21-16-8-15-14(19-5-6-20-15)7-12(16)9-17-13-4-2-3-11(13)10-18/h7-8,11,13,17-18H,2-6,9-10H2,1H3. The van der Waals surface area contributed by atoms with E-state index in [1.165, 1.54) is 16.9 Å². The van der Waals surface area contributed by atoms with Crippen LogP contribution in [-0.4, -0.2) is 37.2 Å². The zero-order valence-electron chi connectivity index (χ0n) is 12.4. The van der Waals surface area contributed by atoms with E-state index in [1.54, 1.807) is 11.8 Å². The van der Waals surface area contributed by atoms with Crippen molar-refractivity contribution in [2.45, 2.75) is 36.7 Å². The molecular formula is C16H23NO3S. The number of hydrogen-bond acceptors (Lipinski definition) is 5. The summed E-state index contributed by atoms with van der Waals surface area (Å²) in [6.07, 6.45) is 5.58. The smallest absolute Gasteiger partial charge is 0.162 e. The summed E-state index contributed by atoms with van der Waals surface area (Å²) in [6, 6.07) is 4.60. The fourth-order valence-corrected chi connectivity index (χ4v) is 3.82. The maximum absolute atomic E-state index is 9.41. The number of nitrogens with one attached hydrogen (secondary N) is 1. The SMILES string of the molecule is CSc1cc2c(cc1CNC1CCCC1CO)OCCO2. The molecular weight excluding hydrogens is 286 g/mol. The van der Waals surface area contributed by atoms with Crippen molar-refractivity contribution < 1.29 is 14.6 Å². The minimum absolute atomic E-state index is 0.286. The van der Waals surface area contributed by atoms with Gasteiger partial charge in [0, 0.05) is 24.1 Å². The maximum atomic E-state index is 9.41. The molecule has 1 aromatic rings. The van der Waals surface area contributed by atoms with Crippen LogP contribution < -0.4 is 14.8 Å². The quantitative estimate of drug-likeness (QED) is 0.818. The Kier molecular flexibility index (Phi) is 4.93. The first-order chi connectivity index (χ1) is 10.3. The molecule has 1 heterocycles. The molecule has 1 saturated carbocycles. The zero-order chi connectivity index (χ0) is 14.7. The van der Waals surface area contributed by atoms with E-state index in [-0.39, 0.29) is 6.61 Å². The Morgan fingerprint density at radius 1 is 1.24 bits per heavy atom. The average Bonchev–Trinajstić information content (AvgIpc) is 2.99. The van der Waals surface area contributed by atoms with Crippen molar-refractivity contribution in [2.75, 3.05) is 26.1 Å². The van der Waals surface area contributed by atoms with Gasteiger partial charge in [-0.1, -0.05) is 6.42 Å². The van der Waals surface area contributed by atoms with Crippen LogP contribution in [0.3, 0.4) is 0 Å². The average molecular weight is 309 g/mol. The van der Waals surface area contributed by atoms with Gasteiger partial charge >= 0.3 is 0 Å². The van der Waals surface area contributed by atoms with Crippen LogP contribution in [0.4, 0.5) is 0 Å². The molecule has 0 saturated heterocycles. The zero-order valence-corrected chi connectivity index (χ0v) is 13.2. The van der Waals surface area contributed by atoms with Crippen molar-refractivity contribution in [1.29, 1.82) is 0 Å². The van der Waals surface area contributed by atoms with Crippen LogP contribution in [0.1, 0.15) is 24.8 Å². The maximum Gasteiger partial charge on any atom is 0.162 e. The van der Waals surface area contributed by atoms with Gasteiger partial charge in [-0.05, 0) is 42.7 Å². The van der Waals surface area contributed by atoms with Gasteiger partial charge in [0.05, 0.1) is 0 Å². The van der Waals surface area contributed by atoms with Crippen LogP contribution in [0.5, 0.6) is 11.5 Å². The molecule has 4 nitrogen and oxygen atoms in total. The molecule has 1 fully saturated rings. The molecule has 0 spiro atoms. The lowest BCUT2D eigenvalue weighted by atomic mass is 10.0. The molecule has 0 amide bonds. The highest BCUT2D eigenvalue weighted by molar-refractivity contribution is 7.98. The minimum atomic E-state index is 0.286. The van der Waals surface area contributed by atoms with Gasteiger partial charge in [0.1, 0.15) is 13.2 Å². The molecule has 1 aliphatic heterocycles. The van der Waals surface area contributed by atoms with E-state index in [0.29, 0.717) is 25.2 Å². The van der Waals surface area contributed by atoms with Crippen molar-refractivity contribution in [3.63, 3.8) is 0 Å². The largest absolute Gasteiger partial charge is 0.486 e. The van der Waals surface area contributed by atoms with E-state index < -0.39 is 0 Å². The van der Waals surface area contributed by atoms with Gasteiger partial charge < -0.3 is 19.9 Å². The molecule has 1 aliphatic carbocycles. The Balaban J connectivity index is 1.72. The molecule has 0 bridgehead atoms. The van der Waals surface area contributed by atoms with E-state index in [0.717, 1.165) is 30.9 Å². The summed E-state index contributed by atoms with van der Waals surface area (Å²) in [6.45, 7) is 2.34. The van der Waals surface area contributed by atoms with Crippen LogP contribution in [0, 0.1) is 5.92 Å². The third-order valence-corrected chi connectivity index (χ3v) is 5.21. The lowest BCUT2D eigenvalue weighted by Crippen LogP contribution is -2.33. The van der Waals surface area contributed by atoms with Crippen molar-refractivity contribution >= 4 is 11.8 Å². The second kappa shape index (κ2) is 6.90. The molecule has 116 valence electrons. The summed E-state index contributed by atoms with van der Waals surface area (Å²) in [5.41, 5.74) is 1.25. The van der Waals surface area contributed by atoms with Crippen molar-refractivity contribution in [3.05, 3.63) is 17.7 Å². The summed E-state index contributed by atoms with van der Waals surface area (Å²) in [5.74, 6) is 2.10. The summed E-state index contributed by atoms with van der Waals surface area (Å²) in [7, 11) is 0. The van der Waals surface area contributed by atoms with E-state index >= 15 is 0 Å². The number of hydrogen-bond donors (Lipinski definition) is 2. The van der Waals surface area contributed by atoms with Crippen LogP contribution in [0.25, 0.3) is 0 Å². The summed E-state index contributed by atoms with van der Waals surface area (Å²) < 4.78 is 11.3. The molecule has 0 radical (unpaired) electrons. The third-order valence-electron chi connectivity index (χ3n) is 4.39. The highest BCUT2D eigenvalue weighted by Crippen LogP contribution is 2.37. The predicted molar refractivity (Wildman–Crippen MR) is 84.3 cm³/mol. The molecule has 21 heavy (non-hydrogen) atoms. The van der Waals surface area contributed by atoms with E-state index in [1.807, 2.05) is 0 Å². The Labute approximate surface area is 130 Å². The van der Waals surface area contributed by atoms with Gasteiger partial charge in [0.2, 0.25) is 0 Å². The first kappa shape index (κ1) is 15.0. The molecule has 5 heteroatoms. The van der Waals surface area contributed by atoms with Gasteiger partial charge in [0.15, 0.2) is 11.5 Å². The second-order valence-electron chi connectivity index (χ2n) is 5.67. The van der Waals surface area contributed by atoms with E-state index in [2.05, 4.69) is 23.7 Å². The highest BCUT2D eigenvalue weighted by atomic mass is 32.2. The van der Waals surface area contributed by atoms with Gasteiger partial charge in [-0.15, -0.1) is 11.8 Å². The van der Waals surface area contributed by atoms with Crippen LogP contribution >= 0.6 is 11.8 Å². The molecule has 2 unspecified atom stereocenters. The van der Waals surface area contributed by atoms with Gasteiger partial charge in [-0.25, -0.2) is 0 Å². The second-order valence-corrected chi connectivity index (χ2v) is 6.52. The Morgan fingerprint density at radius 3 is 2.71 bits per heavy atom. The first-order valence-corrected chi connectivity index (χ1v) is 8.85. The Hall–Kier alpha value is -0.910. The van der Waals surface area contributed by atoms with Crippen molar-refractivity contribution in [3.8, 4) is 11.5 Å². The van der Waals surface area contributed by atoms with Crippen molar-refractivity contribution in [1.82, 2.24) is 5.32 Å². The van der Waals surface area contributed by atoms with E-state index in [4.69, 9.17) is 9.47 Å².